The Morgan fingerprint density at radius 3 is 2.92 bits per heavy atom. The van der Waals surface area contributed by atoms with Crippen LogP contribution in [-0.4, -0.2) is 23.8 Å². The van der Waals surface area contributed by atoms with E-state index < -0.39 is 5.97 Å². The second-order valence-corrected chi connectivity index (χ2v) is 3.46. The minimum Gasteiger partial charge on any atom is -0.481 e. The van der Waals surface area contributed by atoms with Gasteiger partial charge in [0.2, 0.25) is 0 Å². The van der Waals surface area contributed by atoms with Gasteiger partial charge >= 0.3 is 5.97 Å². The lowest BCUT2D eigenvalue weighted by Gasteiger charge is -2.23. The third-order valence-corrected chi connectivity index (χ3v) is 2.31. The summed E-state index contributed by atoms with van der Waals surface area (Å²) < 4.78 is 5.44. The number of hydrogen-bond acceptors (Lipinski definition) is 2. The average molecular weight is 172 g/mol. The largest absolute Gasteiger partial charge is 0.481 e. The maximum Gasteiger partial charge on any atom is 0.306 e. The van der Waals surface area contributed by atoms with Gasteiger partial charge in [0.25, 0.3) is 0 Å². The highest BCUT2D eigenvalue weighted by molar-refractivity contribution is 5.69. The highest BCUT2D eigenvalue weighted by atomic mass is 16.5. The molecule has 1 aliphatic heterocycles. The molecule has 0 radical (unpaired) electrons. The summed E-state index contributed by atoms with van der Waals surface area (Å²) in [6.45, 7) is 2.54. The molecule has 70 valence electrons. The Hall–Kier alpha value is -0.570. The van der Waals surface area contributed by atoms with Gasteiger partial charge in [0.1, 0.15) is 0 Å². The molecule has 1 N–H and O–H groups in total. The Morgan fingerprint density at radius 2 is 2.42 bits per heavy atom. The van der Waals surface area contributed by atoms with Crippen LogP contribution in [0.4, 0.5) is 0 Å². The monoisotopic (exact) mass is 172 g/mol. The van der Waals surface area contributed by atoms with Gasteiger partial charge in [-0.05, 0) is 25.7 Å². The van der Waals surface area contributed by atoms with Crippen LogP contribution in [0, 0.1) is 5.92 Å². The number of rotatable bonds is 3. The standard InChI is InChI=1S/C9H16O3/c1-7(9(10)11)6-8-4-2-3-5-12-8/h7-8H,2-6H2,1H3,(H,10,11)/t7?,8-/m0/s1. The first-order valence-corrected chi connectivity index (χ1v) is 4.54. The van der Waals surface area contributed by atoms with E-state index in [2.05, 4.69) is 0 Å². The number of ether oxygens (including phenoxy) is 1. The molecule has 1 unspecified atom stereocenters. The predicted molar refractivity (Wildman–Crippen MR) is 45.0 cm³/mol. The normalized spacial score (nSPS) is 26.6. The van der Waals surface area contributed by atoms with Crippen molar-refractivity contribution in [3.63, 3.8) is 0 Å². The van der Waals surface area contributed by atoms with Crippen molar-refractivity contribution in [2.75, 3.05) is 6.61 Å². The Bertz CT molecular complexity index is 150. The lowest BCUT2D eigenvalue weighted by atomic mass is 9.98. The fourth-order valence-electron chi connectivity index (χ4n) is 1.49. The maximum atomic E-state index is 10.5. The molecule has 3 nitrogen and oxygen atoms in total. The van der Waals surface area contributed by atoms with Crippen LogP contribution < -0.4 is 0 Å². The van der Waals surface area contributed by atoms with Gasteiger partial charge in [-0.2, -0.15) is 0 Å². The Morgan fingerprint density at radius 1 is 1.67 bits per heavy atom. The first-order valence-electron chi connectivity index (χ1n) is 4.54. The van der Waals surface area contributed by atoms with Crippen molar-refractivity contribution in [2.45, 2.75) is 38.7 Å². The van der Waals surface area contributed by atoms with Crippen LogP contribution in [0.3, 0.4) is 0 Å². The molecular weight excluding hydrogens is 156 g/mol. The second kappa shape index (κ2) is 4.45. The molecule has 12 heavy (non-hydrogen) atoms. The molecular formula is C9H16O3. The third kappa shape index (κ3) is 2.81. The van der Waals surface area contributed by atoms with Crippen LogP contribution in [0.2, 0.25) is 0 Å². The quantitative estimate of drug-likeness (QED) is 0.704. The van der Waals surface area contributed by atoms with Crippen LogP contribution in [0.15, 0.2) is 0 Å². The summed E-state index contributed by atoms with van der Waals surface area (Å²) in [6.07, 6.45) is 4.17. The van der Waals surface area contributed by atoms with E-state index in [9.17, 15) is 4.79 Å². The van der Waals surface area contributed by atoms with E-state index in [0.717, 1.165) is 19.4 Å². The molecule has 0 aromatic rings. The maximum absolute atomic E-state index is 10.5. The van der Waals surface area contributed by atoms with E-state index in [1.165, 1.54) is 6.42 Å². The van der Waals surface area contributed by atoms with Crippen molar-refractivity contribution in [1.29, 1.82) is 0 Å². The Labute approximate surface area is 72.7 Å². The first kappa shape index (κ1) is 9.52. The van der Waals surface area contributed by atoms with Crippen molar-refractivity contribution in [3.05, 3.63) is 0 Å². The summed E-state index contributed by atoms with van der Waals surface area (Å²) in [5.74, 6) is -0.989. The van der Waals surface area contributed by atoms with E-state index >= 15 is 0 Å². The summed E-state index contributed by atoms with van der Waals surface area (Å²) >= 11 is 0. The lowest BCUT2D eigenvalue weighted by Crippen LogP contribution is -2.24. The molecule has 0 aromatic heterocycles. The van der Waals surface area contributed by atoms with Gasteiger partial charge in [-0.25, -0.2) is 0 Å². The lowest BCUT2D eigenvalue weighted by molar-refractivity contribution is -0.142. The summed E-state index contributed by atoms with van der Waals surface area (Å²) in [7, 11) is 0. The Balaban J connectivity index is 2.24. The zero-order chi connectivity index (χ0) is 8.97. The van der Waals surface area contributed by atoms with E-state index in [4.69, 9.17) is 9.84 Å². The van der Waals surface area contributed by atoms with Crippen LogP contribution in [0.25, 0.3) is 0 Å². The molecule has 0 aliphatic carbocycles. The van der Waals surface area contributed by atoms with Crippen molar-refractivity contribution >= 4 is 5.97 Å². The van der Waals surface area contributed by atoms with E-state index in [-0.39, 0.29) is 12.0 Å². The minimum absolute atomic E-state index is 0.185. The summed E-state index contributed by atoms with van der Waals surface area (Å²) in [5.41, 5.74) is 0. The molecule has 0 spiro atoms. The van der Waals surface area contributed by atoms with E-state index in [0.29, 0.717) is 6.42 Å². The molecule has 1 heterocycles. The molecule has 3 heteroatoms. The topological polar surface area (TPSA) is 46.5 Å². The summed E-state index contributed by atoms with van der Waals surface area (Å²) in [6, 6.07) is 0. The highest BCUT2D eigenvalue weighted by Crippen LogP contribution is 2.19. The van der Waals surface area contributed by atoms with Crippen molar-refractivity contribution in [2.24, 2.45) is 5.92 Å². The predicted octanol–water partition coefficient (Wildman–Crippen LogP) is 1.67. The Kier molecular flexibility index (Phi) is 3.53. The fourth-order valence-corrected chi connectivity index (χ4v) is 1.49. The zero-order valence-electron chi connectivity index (χ0n) is 7.45. The van der Waals surface area contributed by atoms with Gasteiger partial charge in [-0.3, -0.25) is 4.79 Å². The average Bonchev–Trinajstić information content (AvgIpc) is 2.06. The molecule has 0 aromatic carbocycles. The van der Waals surface area contributed by atoms with Crippen molar-refractivity contribution in [3.8, 4) is 0 Å². The van der Waals surface area contributed by atoms with Crippen LogP contribution in [0.5, 0.6) is 0 Å². The van der Waals surface area contributed by atoms with Crippen LogP contribution in [0.1, 0.15) is 32.6 Å². The summed E-state index contributed by atoms with van der Waals surface area (Å²) in [4.78, 5) is 10.5. The SMILES string of the molecule is CC(C[C@@H]1CCCCO1)C(=O)O. The molecule has 1 fully saturated rings. The van der Waals surface area contributed by atoms with E-state index in [1.54, 1.807) is 6.92 Å². The van der Waals surface area contributed by atoms with Crippen LogP contribution >= 0.6 is 0 Å². The van der Waals surface area contributed by atoms with Gasteiger partial charge in [0.05, 0.1) is 12.0 Å². The summed E-state index contributed by atoms with van der Waals surface area (Å²) in [5, 5.41) is 8.66. The third-order valence-electron chi connectivity index (χ3n) is 2.31. The zero-order valence-corrected chi connectivity index (χ0v) is 7.45. The molecule has 0 saturated carbocycles. The van der Waals surface area contributed by atoms with Crippen molar-refractivity contribution in [1.82, 2.24) is 0 Å². The molecule has 1 saturated heterocycles. The smallest absolute Gasteiger partial charge is 0.306 e. The number of carboxylic acids is 1. The molecule has 2 atom stereocenters. The van der Waals surface area contributed by atoms with Crippen LogP contribution in [-0.2, 0) is 9.53 Å². The number of aliphatic carboxylic acids is 1. The molecule has 0 bridgehead atoms. The number of carboxylic acid groups (broad SMARTS) is 1. The highest BCUT2D eigenvalue weighted by Gasteiger charge is 2.20. The van der Waals surface area contributed by atoms with Gasteiger partial charge in [0.15, 0.2) is 0 Å². The van der Waals surface area contributed by atoms with Gasteiger partial charge in [0, 0.05) is 6.61 Å². The van der Waals surface area contributed by atoms with E-state index in [1.807, 2.05) is 0 Å². The van der Waals surface area contributed by atoms with Gasteiger partial charge < -0.3 is 9.84 Å². The fraction of sp³-hybridized carbons (Fsp3) is 0.889. The number of carbonyl (C=O) groups is 1. The van der Waals surface area contributed by atoms with Gasteiger partial charge in [-0.15, -0.1) is 0 Å². The van der Waals surface area contributed by atoms with Crippen molar-refractivity contribution < 1.29 is 14.6 Å². The molecule has 1 aliphatic rings. The van der Waals surface area contributed by atoms with Gasteiger partial charge in [-0.1, -0.05) is 6.92 Å². The second-order valence-electron chi connectivity index (χ2n) is 3.46. The number of hydrogen-bond donors (Lipinski definition) is 1. The minimum atomic E-state index is -0.718. The molecule has 0 amide bonds. The molecule has 1 rings (SSSR count). The first-order chi connectivity index (χ1) is 5.70.